The van der Waals surface area contributed by atoms with Crippen molar-refractivity contribution in [2.45, 2.75) is 33.1 Å². The van der Waals surface area contributed by atoms with Gasteiger partial charge in [0, 0.05) is 39.1 Å². The maximum atomic E-state index is 12.8. The summed E-state index contributed by atoms with van der Waals surface area (Å²) in [5.74, 6) is 0.562. The third-order valence-corrected chi connectivity index (χ3v) is 4.84. The molecule has 1 heterocycles. The quantitative estimate of drug-likeness (QED) is 0.742. The van der Waals surface area contributed by atoms with Crippen LogP contribution in [0.3, 0.4) is 0 Å². The van der Waals surface area contributed by atoms with Crippen LogP contribution in [-0.2, 0) is 14.3 Å². The molecule has 1 aliphatic rings. The minimum Gasteiger partial charge on any atom is -0.497 e. The van der Waals surface area contributed by atoms with Crippen LogP contribution in [0.2, 0.25) is 0 Å². The highest BCUT2D eigenvalue weighted by atomic mass is 16.5. The van der Waals surface area contributed by atoms with Crippen LogP contribution < -0.4 is 10.1 Å². The fourth-order valence-corrected chi connectivity index (χ4v) is 3.43. The SMILES string of the molecule is COCCNC(=O)[C@@H]1CN(C(=O)CC(C)(C)C)C[C@@H]1c1ccc(OC)cc1. The van der Waals surface area contributed by atoms with Gasteiger partial charge in [0.15, 0.2) is 0 Å². The molecule has 2 amide bonds. The Morgan fingerprint density at radius 3 is 2.37 bits per heavy atom. The summed E-state index contributed by atoms with van der Waals surface area (Å²) in [5.41, 5.74) is 0.972. The number of benzene rings is 1. The van der Waals surface area contributed by atoms with Gasteiger partial charge in [-0.05, 0) is 23.1 Å². The highest BCUT2D eigenvalue weighted by Crippen LogP contribution is 2.35. The summed E-state index contributed by atoms with van der Waals surface area (Å²) >= 11 is 0. The smallest absolute Gasteiger partial charge is 0.225 e. The van der Waals surface area contributed by atoms with E-state index in [1.54, 1.807) is 14.2 Å². The number of nitrogens with one attached hydrogen (secondary N) is 1. The number of ether oxygens (including phenoxy) is 2. The van der Waals surface area contributed by atoms with Crippen molar-refractivity contribution in [3.05, 3.63) is 29.8 Å². The standard InChI is InChI=1S/C21H32N2O4/c1-21(2,3)12-19(24)23-13-17(15-6-8-16(27-5)9-7-15)18(14-23)20(25)22-10-11-26-4/h6-9,17-18H,10-14H2,1-5H3,(H,22,25)/t17-,18-/m1/s1. The first-order valence-corrected chi connectivity index (χ1v) is 9.43. The van der Waals surface area contributed by atoms with E-state index in [1.165, 1.54) is 0 Å². The molecule has 6 nitrogen and oxygen atoms in total. The van der Waals surface area contributed by atoms with Crippen LogP contribution in [0.1, 0.15) is 38.7 Å². The van der Waals surface area contributed by atoms with E-state index in [-0.39, 0.29) is 29.1 Å². The number of rotatable bonds is 7. The molecule has 150 valence electrons. The van der Waals surface area contributed by atoms with E-state index in [2.05, 4.69) is 26.1 Å². The first kappa shape index (κ1) is 21.2. The molecule has 1 N–H and O–H groups in total. The summed E-state index contributed by atoms with van der Waals surface area (Å²) in [6.07, 6.45) is 0.473. The molecule has 1 aromatic rings. The largest absolute Gasteiger partial charge is 0.497 e. The third kappa shape index (κ3) is 5.96. The molecule has 0 spiro atoms. The number of nitrogens with zero attached hydrogens (tertiary/aromatic N) is 1. The van der Waals surface area contributed by atoms with Gasteiger partial charge in [-0.2, -0.15) is 0 Å². The zero-order valence-corrected chi connectivity index (χ0v) is 17.1. The minimum atomic E-state index is -0.265. The molecule has 0 radical (unpaired) electrons. The van der Waals surface area contributed by atoms with Gasteiger partial charge in [-0.25, -0.2) is 0 Å². The van der Waals surface area contributed by atoms with Crippen LogP contribution in [0.4, 0.5) is 0 Å². The van der Waals surface area contributed by atoms with Crippen molar-refractivity contribution in [3.8, 4) is 5.75 Å². The molecule has 1 saturated heterocycles. The van der Waals surface area contributed by atoms with Gasteiger partial charge in [0.25, 0.3) is 0 Å². The Kier molecular flexibility index (Phi) is 7.25. The van der Waals surface area contributed by atoms with Crippen molar-refractivity contribution in [1.82, 2.24) is 10.2 Å². The second-order valence-electron chi connectivity index (χ2n) is 8.31. The molecule has 0 unspecified atom stereocenters. The van der Waals surface area contributed by atoms with Gasteiger partial charge in [-0.3, -0.25) is 9.59 Å². The van der Waals surface area contributed by atoms with Crippen molar-refractivity contribution in [2.75, 3.05) is 40.5 Å². The van der Waals surface area contributed by atoms with Crippen LogP contribution in [0.5, 0.6) is 5.75 Å². The predicted octanol–water partition coefficient (Wildman–Crippen LogP) is 2.44. The minimum absolute atomic E-state index is 0.0256. The summed E-state index contributed by atoms with van der Waals surface area (Å²) in [6.45, 7) is 8.11. The van der Waals surface area contributed by atoms with E-state index >= 15 is 0 Å². The molecule has 2 atom stereocenters. The predicted molar refractivity (Wildman–Crippen MR) is 105 cm³/mol. The van der Waals surface area contributed by atoms with Crippen LogP contribution in [-0.4, -0.2) is 57.2 Å². The van der Waals surface area contributed by atoms with Gasteiger partial charge in [-0.15, -0.1) is 0 Å². The van der Waals surface area contributed by atoms with Crippen molar-refractivity contribution in [2.24, 2.45) is 11.3 Å². The number of methoxy groups -OCH3 is 2. The number of carbonyl (C=O) groups excluding carboxylic acids is 2. The van der Waals surface area contributed by atoms with E-state index in [0.717, 1.165) is 11.3 Å². The van der Waals surface area contributed by atoms with E-state index < -0.39 is 0 Å². The zero-order valence-electron chi connectivity index (χ0n) is 17.1. The van der Waals surface area contributed by atoms with Crippen molar-refractivity contribution in [3.63, 3.8) is 0 Å². The van der Waals surface area contributed by atoms with E-state index in [0.29, 0.717) is 32.7 Å². The molecule has 0 aliphatic carbocycles. The molecule has 2 rings (SSSR count). The number of hydrogen-bond donors (Lipinski definition) is 1. The normalized spacial score (nSPS) is 19.8. The lowest BCUT2D eigenvalue weighted by atomic mass is 9.88. The van der Waals surface area contributed by atoms with Gasteiger partial charge < -0.3 is 19.7 Å². The van der Waals surface area contributed by atoms with Crippen molar-refractivity contribution >= 4 is 11.8 Å². The molecule has 27 heavy (non-hydrogen) atoms. The van der Waals surface area contributed by atoms with Gasteiger partial charge in [0.2, 0.25) is 11.8 Å². The number of hydrogen-bond acceptors (Lipinski definition) is 4. The lowest BCUT2D eigenvalue weighted by Gasteiger charge is -2.23. The fourth-order valence-electron chi connectivity index (χ4n) is 3.43. The summed E-state index contributed by atoms with van der Waals surface area (Å²) < 4.78 is 10.2. The first-order chi connectivity index (χ1) is 12.7. The highest BCUT2D eigenvalue weighted by molar-refractivity contribution is 5.83. The Balaban J connectivity index is 2.17. The van der Waals surface area contributed by atoms with Crippen LogP contribution in [0.25, 0.3) is 0 Å². The molecule has 1 aliphatic heterocycles. The Hall–Kier alpha value is -2.08. The monoisotopic (exact) mass is 376 g/mol. The number of likely N-dealkylation sites (tertiary alicyclic amines) is 1. The second-order valence-corrected chi connectivity index (χ2v) is 8.31. The lowest BCUT2D eigenvalue weighted by molar-refractivity contribution is -0.132. The Labute approximate surface area is 162 Å². The first-order valence-electron chi connectivity index (χ1n) is 9.43. The maximum absolute atomic E-state index is 12.8. The van der Waals surface area contributed by atoms with E-state index in [9.17, 15) is 9.59 Å². The fraction of sp³-hybridized carbons (Fsp3) is 0.619. The van der Waals surface area contributed by atoms with Crippen molar-refractivity contribution in [1.29, 1.82) is 0 Å². The van der Waals surface area contributed by atoms with E-state index in [1.807, 2.05) is 29.2 Å². The summed E-state index contributed by atoms with van der Waals surface area (Å²) in [7, 11) is 3.23. The Morgan fingerprint density at radius 1 is 1.15 bits per heavy atom. The lowest BCUT2D eigenvalue weighted by Crippen LogP contribution is -2.37. The topological polar surface area (TPSA) is 67.9 Å². The Bertz CT molecular complexity index is 637. The molecule has 0 aromatic heterocycles. The summed E-state index contributed by atoms with van der Waals surface area (Å²) in [4.78, 5) is 27.3. The molecular weight excluding hydrogens is 344 g/mol. The average molecular weight is 376 g/mol. The average Bonchev–Trinajstić information content (AvgIpc) is 3.06. The molecule has 0 saturated carbocycles. The molecule has 1 aromatic carbocycles. The van der Waals surface area contributed by atoms with Gasteiger partial charge in [-0.1, -0.05) is 32.9 Å². The molecule has 0 bridgehead atoms. The summed E-state index contributed by atoms with van der Waals surface area (Å²) in [6, 6.07) is 7.76. The van der Waals surface area contributed by atoms with Gasteiger partial charge in [0.05, 0.1) is 19.6 Å². The number of carbonyl (C=O) groups is 2. The van der Waals surface area contributed by atoms with Gasteiger partial charge >= 0.3 is 0 Å². The molecule has 6 heteroatoms. The van der Waals surface area contributed by atoms with Crippen LogP contribution in [0.15, 0.2) is 24.3 Å². The Morgan fingerprint density at radius 2 is 1.81 bits per heavy atom. The second kappa shape index (κ2) is 9.22. The van der Waals surface area contributed by atoms with Crippen LogP contribution >= 0.6 is 0 Å². The van der Waals surface area contributed by atoms with Crippen molar-refractivity contribution < 1.29 is 19.1 Å². The molecular formula is C21H32N2O4. The van der Waals surface area contributed by atoms with Crippen LogP contribution in [0, 0.1) is 11.3 Å². The maximum Gasteiger partial charge on any atom is 0.225 e. The number of amides is 2. The zero-order chi connectivity index (χ0) is 20.0. The summed E-state index contributed by atoms with van der Waals surface area (Å²) in [5, 5.41) is 2.93. The molecule has 1 fully saturated rings. The highest BCUT2D eigenvalue weighted by Gasteiger charge is 2.40. The third-order valence-electron chi connectivity index (χ3n) is 4.84. The van der Waals surface area contributed by atoms with Gasteiger partial charge in [0.1, 0.15) is 5.75 Å². The van der Waals surface area contributed by atoms with E-state index in [4.69, 9.17) is 9.47 Å².